The summed E-state index contributed by atoms with van der Waals surface area (Å²) < 4.78 is 0. The van der Waals surface area contributed by atoms with Crippen molar-refractivity contribution in [3.63, 3.8) is 0 Å². The van der Waals surface area contributed by atoms with Crippen LogP contribution in [0.1, 0.15) is 46.5 Å². The third-order valence-electron chi connectivity index (χ3n) is 5.27. The maximum Gasteiger partial charge on any atom is 0.239 e. The van der Waals surface area contributed by atoms with Gasteiger partial charge < -0.3 is 15.1 Å². The van der Waals surface area contributed by atoms with Gasteiger partial charge in [-0.3, -0.25) is 14.7 Å². The van der Waals surface area contributed by atoms with Crippen LogP contribution in [-0.4, -0.2) is 86.0 Å². The van der Waals surface area contributed by atoms with Gasteiger partial charge in [-0.1, -0.05) is 13.8 Å². The number of amides is 1. The summed E-state index contributed by atoms with van der Waals surface area (Å²) in [6, 6.07) is 0.0756. The van der Waals surface area contributed by atoms with Gasteiger partial charge >= 0.3 is 0 Å². The number of carbonyl (C=O) groups is 1. The minimum absolute atomic E-state index is 0.0756. The molecule has 0 aliphatic carbocycles. The van der Waals surface area contributed by atoms with Crippen LogP contribution in [0.2, 0.25) is 0 Å². The Morgan fingerprint density at radius 1 is 1.32 bits per heavy atom. The Hall–Kier alpha value is -1.30. The predicted octanol–water partition coefficient (Wildman–Crippen LogP) is 1.63. The molecular formula is C19H37N5O. The first-order chi connectivity index (χ1) is 11.8. The van der Waals surface area contributed by atoms with Gasteiger partial charge in [0.15, 0.2) is 5.96 Å². The molecule has 6 nitrogen and oxygen atoms in total. The van der Waals surface area contributed by atoms with Crippen LogP contribution in [-0.2, 0) is 4.79 Å². The smallest absolute Gasteiger partial charge is 0.239 e. The molecule has 1 unspecified atom stereocenters. The molecule has 1 N–H and O–H groups in total. The summed E-state index contributed by atoms with van der Waals surface area (Å²) in [6.07, 6.45) is 4.34. The standard InChI is InChI=1S/C19H37N5O/c1-6-20-18(24-14-10-19(2,3)15-24)21-11-8-13-23-12-7-9-16(23)17(25)22(4)5/h16H,6-15H2,1-5H3,(H,20,21). The van der Waals surface area contributed by atoms with E-state index >= 15 is 0 Å². The highest BCUT2D eigenvalue weighted by atomic mass is 16.2. The number of likely N-dealkylation sites (N-methyl/N-ethyl adjacent to an activating group) is 1. The Morgan fingerprint density at radius 3 is 2.68 bits per heavy atom. The molecule has 0 aromatic rings. The first kappa shape index (κ1) is 20.0. The summed E-state index contributed by atoms with van der Waals surface area (Å²) >= 11 is 0. The van der Waals surface area contributed by atoms with Crippen LogP contribution in [0.25, 0.3) is 0 Å². The second kappa shape index (κ2) is 8.88. The Kier molecular flexibility index (Phi) is 7.11. The molecule has 0 bridgehead atoms. The summed E-state index contributed by atoms with van der Waals surface area (Å²) in [7, 11) is 3.70. The van der Waals surface area contributed by atoms with Crippen molar-refractivity contribution in [3.8, 4) is 0 Å². The molecular weight excluding hydrogens is 314 g/mol. The largest absolute Gasteiger partial charge is 0.357 e. The molecule has 0 spiro atoms. The fourth-order valence-electron chi connectivity index (χ4n) is 3.85. The van der Waals surface area contributed by atoms with Gasteiger partial charge in [0, 0.05) is 46.8 Å². The Labute approximate surface area is 153 Å². The highest BCUT2D eigenvalue weighted by Crippen LogP contribution is 2.28. The van der Waals surface area contributed by atoms with Gasteiger partial charge in [-0.15, -0.1) is 0 Å². The fourth-order valence-corrected chi connectivity index (χ4v) is 3.85. The van der Waals surface area contributed by atoms with Crippen molar-refractivity contribution in [3.05, 3.63) is 0 Å². The van der Waals surface area contributed by atoms with Crippen LogP contribution < -0.4 is 5.32 Å². The van der Waals surface area contributed by atoms with Crippen molar-refractivity contribution in [2.75, 3.05) is 53.4 Å². The Balaban J connectivity index is 1.82. The van der Waals surface area contributed by atoms with Gasteiger partial charge in [0.05, 0.1) is 6.04 Å². The van der Waals surface area contributed by atoms with E-state index in [1.807, 2.05) is 14.1 Å². The third-order valence-corrected chi connectivity index (χ3v) is 5.27. The number of hydrogen-bond acceptors (Lipinski definition) is 3. The molecule has 0 saturated carbocycles. The number of hydrogen-bond donors (Lipinski definition) is 1. The number of aliphatic imine (C=N–C) groups is 1. The van der Waals surface area contributed by atoms with Crippen molar-refractivity contribution in [2.24, 2.45) is 10.4 Å². The topological polar surface area (TPSA) is 51.2 Å². The highest BCUT2D eigenvalue weighted by molar-refractivity contribution is 5.81. The average molecular weight is 352 g/mol. The molecule has 1 amide bonds. The van der Waals surface area contributed by atoms with Gasteiger partial charge in [-0.25, -0.2) is 0 Å². The summed E-state index contributed by atoms with van der Waals surface area (Å²) in [5.41, 5.74) is 0.380. The summed E-state index contributed by atoms with van der Waals surface area (Å²) in [4.78, 5) is 23.5. The molecule has 2 rings (SSSR count). The molecule has 2 saturated heterocycles. The fraction of sp³-hybridized carbons (Fsp3) is 0.895. The van der Waals surface area contributed by atoms with E-state index in [1.54, 1.807) is 4.90 Å². The summed E-state index contributed by atoms with van der Waals surface area (Å²) in [5, 5.41) is 3.43. The van der Waals surface area contributed by atoms with Crippen molar-refractivity contribution in [1.82, 2.24) is 20.0 Å². The van der Waals surface area contributed by atoms with Crippen LogP contribution in [0.5, 0.6) is 0 Å². The maximum absolute atomic E-state index is 12.3. The van der Waals surface area contributed by atoms with Crippen molar-refractivity contribution >= 4 is 11.9 Å². The minimum Gasteiger partial charge on any atom is -0.357 e. The van der Waals surface area contributed by atoms with Crippen LogP contribution in [0.15, 0.2) is 4.99 Å². The van der Waals surface area contributed by atoms with E-state index in [0.29, 0.717) is 5.41 Å². The van der Waals surface area contributed by atoms with Crippen LogP contribution >= 0.6 is 0 Å². The van der Waals surface area contributed by atoms with Crippen LogP contribution in [0.3, 0.4) is 0 Å². The van der Waals surface area contributed by atoms with E-state index in [0.717, 1.165) is 64.5 Å². The van der Waals surface area contributed by atoms with Crippen LogP contribution in [0.4, 0.5) is 0 Å². The SMILES string of the molecule is CCNC(=NCCCN1CCCC1C(=O)N(C)C)N1CCC(C)(C)C1. The second-order valence-electron chi connectivity index (χ2n) is 8.35. The van der Waals surface area contributed by atoms with Gasteiger partial charge in [0.25, 0.3) is 0 Å². The van der Waals surface area contributed by atoms with Gasteiger partial charge in [-0.2, -0.15) is 0 Å². The highest BCUT2D eigenvalue weighted by Gasteiger charge is 2.32. The first-order valence-corrected chi connectivity index (χ1v) is 9.82. The molecule has 144 valence electrons. The molecule has 25 heavy (non-hydrogen) atoms. The zero-order valence-corrected chi connectivity index (χ0v) is 16.8. The molecule has 2 fully saturated rings. The van der Waals surface area contributed by atoms with E-state index < -0.39 is 0 Å². The maximum atomic E-state index is 12.3. The number of carbonyl (C=O) groups excluding carboxylic acids is 1. The van der Waals surface area contributed by atoms with Gasteiger partial charge in [-0.05, 0) is 44.6 Å². The van der Waals surface area contributed by atoms with Crippen LogP contribution in [0, 0.1) is 5.41 Å². The molecule has 2 heterocycles. The van der Waals surface area contributed by atoms with Gasteiger partial charge in [0.1, 0.15) is 0 Å². The summed E-state index contributed by atoms with van der Waals surface area (Å²) in [5.74, 6) is 1.30. The normalized spacial score (nSPS) is 24.0. The predicted molar refractivity (Wildman–Crippen MR) is 104 cm³/mol. The van der Waals surface area contributed by atoms with E-state index in [9.17, 15) is 4.79 Å². The lowest BCUT2D eigenvalue weighted by Gasteiger charge is -2.26. The van der Waals surface area contributed by atoms with Crippen molar-refractivity contribution < 1.29 is 4.79 Å². The summed E-state index contributed by atoms with van der Waals surface area (Å²) in [6.45, 7) is 12.7. The number of nitrogens with zero attached hydrogens (tertiary/aromatic N) is 4. The van der Waals surface area contributed by atoms with E-state index in [2.05, 4.69) is 35.9 Å². The van der Waals surface area contributed by atoms with E-state index in [1.165, 1.54) is 6.42 Å². The Bertz CT molecular complexity index is 474. The van der Waals surface area contributed by atoms with Gasteiger partial charge in [0.2, 0.25) is 5.91 Å². The minimum atomic E-state index is 0.0756. The molecule has 2 aliphatic rings. The monoisotopic (exact) mass is 351 g/mol. The van der Waals surface area contributed by atoms with E-state index in [-0.39, 0.29) is 11.9 Å². The number of rotatable bonds is 6. The second-order valence-corrected chi connectivity index (χ2v) is 8.35. The lowest BCUT2D eigenvalue weighted by atomic mass is 9.93. The zero-order valence-electron chi connectivity index (χ0n) is 16.8. The van der Waals surface area contributed by atoms with Crippen molar-refractivity contribution in [1.29, 1.82) is 0 Å². The molecule has 0 radical (unpaired) electrons. The van der Waals surface area contributed by atoms with Crippen molar-refractivity contribution in [2.45, 2.75) is 52.5 Å². The first-order valence-electron chi connectivity index (χ1n) is 9.82. The molecule has 0 aromatic carbocycles. The Morgan fingerprint density at radius 2 is 2.08 bits per heavy atom. The third kappa shape index (κ3) is 5.59. The molecule has 1 atom stereocenters. The number of likely N-dealkylation sites (tertiary alicyclic amines) is 2. The van der Waals surface area contributed by atoms with E-state index in [4.69, 9.17) is 4.99 Å². The molecule has 2 aliphatic heterocycles. The molecule has 6 heteroatoms. The lowest BCUT2D eigenvalue weighted by molar-refractivity contribution is -0.133. The number of guanidine groups is 1. The zero-order chi connectivity index (χ0) is 18.4. The molecule has 0 aromatic heterocycles. The lowest BCUT2D eigenvalue weighted by Crippen LogP contribution is -2.43. The quantitative estimate of drug-likeness (QED) is 0.449. The number of nitrogens with one attached hydrogen (secondary N) is 1. The average Bonchev–Trinajstić information content (AvgIpc) is 3.15.